The molecule has 4 aliphatic rings. The van der Waals surface area contributed by atoms with Crippen LogP contribution in [0.5, 0.6) is 0 Å². The number of rotatable bonds is 3. The summed E-state index contributed by atoms with van der Waals surface area (Å²) in [6, 6.07) is 0. The maximum Gasteiger partial charge on any atom is 0.307 e. The zero-order valence-corrected chi connectivity index (χ0v) is 17.3. The van der Waals surface area contributed by atoms with Crippen molar-refractivity contribution in [2.45, 2.75) is 83.3 Å². The molecule has 4 saturated carbocycles. The first kappa shape index (κ1) is 20.1. The van der Waals surface area contributed by atoms with Crippen LogP contribution in [0.1, 0.15) is 71.6 Å². The third kappa shape index (κ3) is 2.65. The molecule has 0 saturated heterocycles. The first-order chi connectivity index (χ1) is 13.2. The Morgan fingerprint density at radius 1 is 1.25 bits per heavy atom. The fraction of sp³-hybridized carbons (Fsp3) is 0.826. The van der Waals surface area contributed by atoms with Gasteiger partial charge in [0, 0.05) is 30.2 Å². The van der Waals surface area contributed by atoms with E-state index < -0.39 is 5.60 Å². The highest BCUT2D eigenvalue weighted by molar-refractivity contribution is 5.87. The third-order valence-electron chi connectivity index (χ3n) is 9.13. The van der Waals surface area contributed by atoms with E-state index >= 15 is 0 Å². The SMILES string of the molecule is C=C1C[C@H]2[C@@H]3CCC(=O)[C@@]3(C)CC[C@@H]2[C@@]2(C)CC[C@H](OC(=O)CCN)C[C@]12O. The molecule has 0 unspecified atom stereocenters. The van der Waals surface area contributed by atoms with Crippen molar-refractivity contribution in [2.75, 3.05) is 6.54 Å². The molecule has 5 nitrogen and oxygen atoms in total. The number of hydrogen-bond donors (Lipinski definition) is 2. The lowest BCUT2D eigenvalue weighted by Crippen LogP contribution is -2.64. The van der Waals surface area contributed by atoms with E-state index in [1.54, 1.807) is 0 Å². The van der Waals surface area contributed by atoms with Crippen LogP contribution in [-0.4, -0.2) is 35.1 Å². The Morgan fingerprint density at radius 2 is 2.00 bits per heavy atom. The molecule has 156 valence electrons. The number of Topliss-reactive ketones (excluding diaryl/α,β-unsaturated/α-hetero) is 1. The molecule has 0 aromatic heterocycles. The van der Waals surface area contributed by atoms with E-state index in [-0.39, 0.29) is 35.9 Å². The van der Waals surface area contributed by atoms with Crippen LogP contribution < -0.4 is 5.73 Å². The van der Waals surface area contributed by atoms with Gasteiger partial charge in [0.25, 0.3) is 0 Å². The van der Waals surface area contributed by atoms with Gasteiger partial charge in [-0.3, -0.25) is 9.59 Å². The number of carbonyl (C=O) groups excluding carboxylic acids is 2. The maximum absolute atomic E-state index is 12.6. The van der Waals surface area contributed by atoms with Crippen LogP contribution in [0.25, 0.3) is 0 Å². The Morgan fingerprint density at radius 3 is 2.71 bits per heavy atom. The Bertz CT molecular complexity index is 705. The fourth-order valence-electron chi connectivity index (χ4n) is 7.42. The van der Waals surface area contributed by atoms with E-state index in [0.29, 0.717) is 36.4 Å². The molecular weight excluding hydrogens is 354 g/mol. The van der Waals surface area contributed by atoms with Gasteiger partial charge in [0.15, 0.2) is 0 Å². The number of ketones is 1. The molecule has 0 aliphatic heterocycles. The molecule has 4 rings (SSSR count). The summed E-state index contributed by atoms with van der Waals surface area (Å²) in [7, 11) is 0. The zero-order chi connectivity index (χ0) is 20.3. The summed E-state index contributed by atoms with van der Waals surface area (Å²) >= 11 is 0. The lowest BCUT2D eigenvalue weighted by Gasteiger charge is -2.64. The number of ether oxygens (including phenoxy) is 1. The molecule has 28 heavy (non-hydrogen) atoms. The van der Waals surface area contributed by atoms with Crippen LogP contribution in [0.4, 0.5) is 0 Å². The highest BCUT2D eigenvalue weighted by Crippen LogP contribution is 2.67. The number of aliphatic hydroxyl groups is 1. The average Bonchev–Trinajstić information content (AvgIpc) is 2.93. The first-order valence-electron chi connectivity index (χ1n) is 11.0. The standard InChI is InChI=1S/C23H35NO4/c1-14-12-16-17-4-5-19(25)21(17,2)9-7-18(16)22(3)10-6-15(13-23(14,22)27)28-20(26)8-11-24/h15-18,27H,1,4-13,24H2,2-3H3/t15-,16-,17-,18-,21-,22+,23-/m0/s1. The smallest absolute Gasteiger partial charge is 0.307 e. The molecule has 0 radical (unpaired) electrons. The van der Waals surface area contributed by atoms with Crippen molar-refractivity contribution in [3.8, 4) is 0 Å². The normalized spacial score (nSPS) is 47.9. The molecule has 0 aromatic rings. The van der Waals surface area contributed by atoms with Gasteiger partial charge in [0.1, 0.15) is 11.9 Å². The molecule has 4 aliphatic carbocycles. The molecule has 0 bridgehead atoms. The van der Waals surface area contributed by atoms with Gasteiger partial charge in [0.2, 0.25) is 0 Å². The topological polar surface area (TPSA) is 89.6 Å². The second kappa shape index (κ2) is 6.66. The lowest BCUT2D eigenvalue weighted by atomic mass is 9.42. The van der Waals surface area contributed by atoms with Crippen LogP contribution in [-0.2, 0) is 14.3 Å². The zero-order valence-electron chi connectivity index (χ0n) is 17.3. The van der Waals surface area contributed by atoms with Crippen molar-refractivity contribution in [3.05, 3.63) is 12.2 Å². The van der Waals surface area contributed by atoms with Crippen molar-refractivity contribution in [3.63, 3.8) is 0 Å². The molecule has 3 N–H and O–H groups in total. The maximum atomic E-state index is 12.6. The second-order valence-corrected chi connectivity index (χ2v) is 10.3. The van der Waals surface area contributed by atoms with E-state index in [1.807, 2.05) is 0 Å². The number of esters is 1. The summed E-state index contributed by atoms with van der Waals surface area (Å²) < 4.78 is 5.61. The lowest BCUT2D eigenvalue weighted by molar-refractivity contribution is -0.197. The predicted octanol–water partition coefficient (Wildman–Crippen LogP) is 3.14. The van der Waals surface area contributed by atoms with Gasteiger partial charge in [-0.15, -0.1) is 0 Å². The van der Waals surface area contributed by atoms with Gasteiger partial charge in [0.05, 0.1) is 12.0 Å². The largest absolute Gasteiger partial charge is 0.462 e. The number of nitrogens with two attached hydrogens (primary N) is 1. The van der Waals surface area contributed by atoms with E-state index in [1.165, 1.54) is 0 Å². The van der Waals surface area contributed by atoms with Gasteiger partial charge >= 0.3 is 5.97 Å². The molecule has 4 fully saturated rings. The molecule has 0 spiro atoms. The summed E-state index contributed by atoms with van der Waals surface area (Å²) in [5, 5.41) is 11.8. The second-order valence-electron chi connectivity index (χ2n) is 10.3. The van der Waals surface area contributed by atoms with Gasteiger partial charge in [-0.05, 0) is 61.9 Å². The Hall–Kier alpha value is -1.20. The van der Waals surface area contributed by atoms with E-state index in [9.17, 15) is 14.7 Å². The van der Waals surface area contributed by atoms with Crippen LogP contribution in [0, 0.1) is 28.6 Å². The molecule has 0 heterocycles. The fourth-order valence-corrected chi connectivity index (χ4v) is 7.42. The Kier molecular flexibility index (Phi) is 4.78. The number of fused-ring (bicyclic) bond motifs is 5. The summed E-state index contributed by atoms with van der Waals surface area (Å²) in [5.41, 5.74) is 4.88. The van der Waals surface area contributed by atoms with Crippen LogP contribution in [0.3, 0.4) is 0 Å². The molecule has 0 amide bonds. The van der Waals surface area contributed by atoms with Crippen molar-refractivity contribution in [1.82, 2.24) is 0 Å². The predicted molar refractivity (Wildman–Crippen MR) is 106 cm³/mol. The van der Waals surface area contributed by atoms with Crippen LogP contribution in [0.2, 0.25) is 0 Å². The van der Waals surface area contributed by atoms with Gasteiger partial charge < -0.3 is 15.6 Å². The Balaban J connectivity index is 1.59. The van der Waals surface area contributed by atoms with Crippen LogP contribution in [0.15, 0.2) is 12.2 Å². The molecule has 7 atom stereocenters. The van der Waals surface area contributed by atoms with Gasteiger partial charge in [-0.2, -0.15) is 0 Å². The summed E-state index contributed by atoms with van der Waals surface area (Å²) in [6.45, 7) is 8.98. The number of carbonyl (C=O) groups is 2. The summed E-state index contributed by atoms with van der Waals surface area (Å²) in [5.74, 6) is 1.39. The van der Waals surface area contributed by atoms with Gasteiger partial charge in [-0.25, -0.2) is 0 Å². The molecule has 0 aromatic carbocycles. The minimum absolute atomic E-state index is 0.178. The molecule has 5 heteroatoms. The Labute approximate surface area is 168 Å². The average molecular weight is 390 g/mol. The van der Waals surface area contributed by atoms with Crippen molar-refractivity contribution >= 4 is 11.8 Å². The van der Waals surface area contributed by atoms with Gasteiger partial charge in [-0.1, -0.05) is 20.4 Å². The molecular formula is C23H35NO4. The monoisotopic (exact) mass is 389 g/mol. The van der Waals surface area contributed by atoms with E-state index in [0.717, 1.165) is 44.1 Å². The van der Waals surface area contributed by atoms with E-state index in [2.05, 4.69) is 20.4 Å². The van der Waals surface area contributed by atoms with Crippen molar-refractivity contribution < 1.29 is 19.4 Å². The minimum Gasteiger partial charge on any atom is -0.462 e. The highest BCUT2D eigenvalue weighted by atomic mass is 16.5. The minimum atomic E-state index is -1.00. The van der Waals surface area contributed by atoms with E-state index in [4.69, 9.17) is 10.5 Å². The first-order valence-corrected chi connectivity index (χ1v) is 11.0. The van der Waals surface area contributed by atoms with Crippen molar-refractivity contribution in [2.24, 2.45) is 34.3 Å². The van der Waals surface area contributed by atoms with Crippen LogP contribution >= 0.6 is 0 Å². The summed E-state index contributed by atoms with van der Waals surface area (Å²) in [4.78, 5) is 24.5. The number of hydrogen-bond acceptors (Lipinski definition) is 5. The highest BCUT2D eigenvalue weighted by Gasteiger charge is 2.66. The quantitative estimate of drug-likeness (QED) is 0.572. The summed E-state index contributed by atoms with van der Waals surface area (Å²) in [6.07, 6.45) is 6.37. The third-order valence-corrected chi connectivity index (χ3v) is 9.13. The van der Waals surface area contributed by atoms with Crippen molar-refractivity contribution in [1.29, 1.82) is 0 Å².